The molecule has 59 heavy (non-hydrogen) atoms. The molecule has 5 rings (SSSR count). The van der Waals surface area contributed by atoms with E-state index < -0.39 is 178 Å². The van der Waals surface area contributed by atoms with Gasteiger partial charge in [-0.25, -0.2) is 0 Å². The van der Waals surface area contributed by atoms with E-state index in [0.29, 0.717) is 0 Å². The fraction of sp³-hybridized carbons (Fsp3) is 0.941. The van der Waals surface area contributed by atoms with Crippen LogP contribution in [0.2, 0.25) is 0 Å². The summed E-state index contributed by atoms with van der Waals surface area (Å²) in [5.74, 6) is -1.50. The number of aliphatic hydroxyl groups excluding tert-OH is 12. The quantitative estimate of drug-likeness (QED) is 0.0866. The highest BCUT2D eigenvalue weighted by Crippen LogP contribution is 2.36. The second kappa shape index (κ2) is 20.1. The van der Waals surface area contributed by atoms with Gasteiger partial charge >= 0.3 is 0 Å². The van der Waals surface area contributed by atoms with Crippen LogP contribution in [-0.2, 0) is 52.2 Å². The molecule has 5 saturated heterocycles. The van der Waals surface area contributed by atoms with Crippen LogP contribution in [0.15, 0.2) is 0 Å². The van der Waals surface area contributed by atoms with Crippen molar-refractivity contribution in [3.05, 3.63) is 0 Å². The molecule has 0 radical (unpaired) electrons. The average molecular weight is 863 g/mol. The van der Waals surface area contributed by atoms with E-state index in [9.17, 15) is 70.9 Å². The van der Waals surface area contributed by atoms with Crippen LogP contribution in [0.1, 0.15) is 34.6 Å². The Kier molecular flexibility index (Phi) is 16.4. The summed E-state index contributed by atoms with van der Waals surface area (Å²) in [5.41, 5.74) is 0. The molecule has 5 aliphatic heterocycles. The van der Waals surface area contributed by atoms with Crippen LogP contribution in [0, 0.1) is 0 Å². The molecule has 25 atom stereocenters. The molecule has 2 amide bonds. The molecule has 0 aromatic carbocycles. The predicted molar refractivity (Wildman–Crippen MR) is 185 cm³/mol. The number of amides is 2. The molecule has 0 aliphatic carbocycles. The van der Waals surface area contributed by atoms with Gasteiger partial charge in [-0.05, 0) is 20.8 Å². The molecule has 25 heteroatoms. The van der Waals surface area contributed by atoms with E-state index in [-0.39, 0.29) is 0 Å². The van der Waals surface area contributed by atoms with Crippen molar-refractivity contribution >= 4 is 11.8 Å². The van der Waals surface area contributed by atoms with Crippen molar-refractivity contribution in [3.8, 4) is 0 Å². The standard InChI is InChI=1S/C34H58N2O23/c1-8-17(41)21(45)24(48)32(51-8)57-27-16(36-12(5)40)31(55-13(6-37)20(27)44)56-26-14(7-38)54-30(50)15(35-11(4)39)28(26)58-34-29(23(47)19(43)10(3)53-34)59-33-25(49)22(46)18(42)9(2)52-33/h8-10,13-34,37-38,41-50H,6-7H2,1-5H3,(H,35,39)(H,36,40)/t8-,9-,10-,13+,14+,15+,16+,17+,18+,19+,20-,21+,22+,23+,24-,25-,26+,27+,28+,29-,30+,31-,32-,33-,34-/m0/s1. The van der Waals surface area contributed by atoms with Crippen molar-refractivity contribution < 1.29 is 113 Å². The Bertz CT molecular complexity index is 1390. The van der Waals surface area contributed by atoms with Crippen LogP contribution in [0.3, 0.4) is 0 Å². The number of nitrogens with one attached hydrogen (secondary N) is 2. The highest BCUT2D eigenvalue weighted by atomic mass is 16.8. The van der Waals surface area contributed by atoms with Gasteiger partial charge in [0, 0.05) is 13.8 Å². The Morgan fingerprint density at radius 3 is 1.36 bits per heavy atom. The first kappa shape index (κ1) is 48.1. The SMILES string of the molecule is CC(=O)N[C@@H]1[C@@H](O[C@@H]2O[C@@H](C)[C@@H](O)[C@@H](O)[C@@H]2O[C@@H]2O[C@@H](C)[C@@H](O)[C@@H](O)[C@@H]2O)[C@H](O[C@@H]2O[C@H](CO)[C@H](O)[C@H](O[C@@H]3O[C@@H](C)[C@@H](O)[C@@H](O)[C@@H]3O)[C@H]2NC(C)=O)[C@@H](CO)O[C@H]1O. The number of carbonyl (C=O) groups excluding carboxylic acids is 2. The fourth-order valence-electron chi connectivity index (χ4n) is 7.64. The van der Waals surface area contributed by atoms with E-state index in [4.69, 9.17) is 42.6 Å². The van der Waals surface area contributed by atoms with Crippen molar-refractivity contribution in [1.82, 2.24) is 10.6 Å². The highest BCUT2D eigenvalue weighted by Gasteiger charge is 2.57. The van der Waals surface area contributed by atoms with Crippen molar-refractivity contribution in [2.24, 2.45) is 0 Å². The van der Waals surface area contributed by atoms with Gasteiger partial charge in [0.25, 0.3) is 0 Å². The molecule has 5 heterocycles. The van der Waals surface area contributed by atoms with Gasteiger partial charge in [-0.15, -0.1) is 0 Å². The van der Waals surface area contributed by atoms with Crippen LogP contribution < -0.4 is 10.6 Å². The van der Waals surface area contributed by atoms with Crippen LogP contribution in [0.25, 0.3) is 0 Å². The molecule has 5 aliphatic rings. The molecule has 25 nitrogen and oxygen atoms in total. The molecular formula is C34H58N2O23. The smallest absolute Gasteiger partial charge is 0.217 e. The lowest BCUT2D eigenvalue weighted by Gasteiger charge is -2.51. The van der Waals surface area contributed by atoms with Crippen LogP contribution in [-0.4, -0.2) is 240 Å². The summed E-state index contributed by atoms with van der Waals surface area (Å²) in [6.45, 7) is 4.42. The summed E-state index contributed by atoms with van der Waals surface area (Å²) < 4.78 is 52.8. The van der Waals surface area contributed by atoms with Crippen molar-refractivity contribution in [2.45, 2.75) is 188 Å². The maximum Gasteiger partial charge on any atom is 0.217 e. The lowest BCUT2D eigenvalue weighted by molar-refractivity contribution is -0.388. The third kappa shape index (κ3) is 10.3. The molecule has 5 fully saturated rings. The van der Waals surface area contributed by atoms with E-state index in [1.54, 1.807) is 0 Å². The Morgan fingerprint density at radius 2 is 0.864 bits per heavy atom. The van der Waals surface area contributed by atoms with Gasteiger partial charge in [-0.2, -0.15) is 0 Å². The number of aliphatic hydroxyl groups is 12. The van der Waals surface area contributed by atoms with Crippen molar-refractivity contribution in [2.75, 3.05) is 13.2 Å². The van der Waals surface area contributed by atoms with Crippen LogP contribution in [0.5, 0.6) is 0 Å². The molecule has 14 N–H and O–H groups in total. The molecule has 0 saturated carbocycles. The van der Waals surface area contributed by atoms with E-state index in [1.165, 1.54) is 20.8 Å². The lowest BCUT2D eigenvalue weighted by Crippen LogP contribution is -2.71. The average Bonchev–Trinajstić information content (AvgIpc) is 3.18. The van der Waals surface area contributed by atoms with Crippen LogP contribution in [0.4, 0.5) is 0 Å². The van der Waals surface area contributed by atoms with Gasteiger partial charge < -0.3 is 115 Å². The molecule has 342 valence electrons. The van der Waals surface area contributed by atoms with Gasteiger partial charge in [0.05, 0.1) is 31.5 Å². The first-order valence-corrected chi connectivity index (χ1v) is 19.2. The van der Waals surface area contributed by atoms with Gasteiger partial charge in [-0.3, -0.25) is 9.59 Å². The van der Waals surface area contributed by atoms with Gasteiger partial charge in [0.15, 0.2) is 31.5 Å². The zero-order chi connectivity index (χ0) is 43.8. The molecule has 0 aromatic heterocycles. The largest absolute Gasteiger partial charge is 0.394 e. The van der Waals surface area contributed by atoms with Gasteiger partial charge in [0.2, 0.25) is 11.8 Å². The number of rotatable bonds is 12. The number of hydrogen-bond donors (Lipinski definition) is 14. The summed E-state index contributed by atoms with van der Waals surface area (Å²) >= 11 is 0. The van der Waals surface area contributed by atoms with E-state index in [2.05, 4.69) is 10.6 Å². The maximum atomic E-state index is 12.6. The van der Waals surface area contributed by atoms with Crippen molar-refractivity contribution in [1.29, 1.82) is 0 Å². The Morgan fingerprint density at radius 1 is 0.441 bits per heavy atom. The summed E-state index contributed by atoms with van der Waals surface area (Å²) in [4.78, 5) is 25.1. The minimum Gasteiger partial charge on any atom is -0.394 e. The first-order chi connectivity index (χ1) is 27.7. The summed E-state index contributed by atoms with van der Waals surface area (Å²) in [6.07, 6.45) is -38.3. The second-order valence-electron chi connectivity index (χ2n) is 15.4. The monoisotopic (exact) mass is 862 g/mol. The summed E-state index contributed by atoms with van der Waals surface area (Å²) in [5, 5.41) is 133. The number of hydrogen-bond acceptors (Lipinski definition) is 23. The minimum absolute atomic E-state index is 0.747. The fourth-order valence-corrected chi connectivity index (χ4v) is 7.64. The maximum absolute atomic E-state index is 12.6. The zero-order valence-electron chi connectivity index (χ0n) is 32.7. The molecule has 0 spiro atoms. The van der Waals surface area contributed by atoms with Gasteiger partial charge in [0.1, 0.15) is 104 Å². The van der Waals surface area contributed by atoms with Gasteiger partial charge in [-0.1, -0.05) is 0 Å². The molecular weight excluding hydrogens is 804 g/mol. The molecule has 0 aromatic rings. The highest BCUT2D eigenvalue weighted by molar-refractivity contribution is 5.73. The Balaban J connectivity index is 1.51. The van der Waals surface area contributed by atoms with E-state index >= 15 is 0 Å². The lowest BCUT2D eigenvalue weighted by atomic mass is 9.93. The number of ether oxygens (including phenoxy) is 9. The second-order valence-corrected chi connectivity index (χ2v) is 15.4. The third-order valence-electron chi connectivity index (χ3n) is 11.0. The summed E-state index contributed by atoms with van der Waals surface area (Å²) in [7, 11) is 0. The van der Waals surface area contributed by atoms with Crippen LogP contribution >= 0.6 is 0 Å². The molecule has 0 bridgehead atoms. The normalized spacial score (nSPS) is 50.8. The van der Waals surface area contributed by atoms with Crippen molar-refractivity contribution in [3.63, 3.8) is 0 Å². The first-order valence-electron chi connectivity index (χ1n) is 19.2. The Hall–Kier alpha value is -1.90. The summed E-state index contributed by atoms with van der Waals surface area (Å²) in [6, 6.07) is -3.22. The molecule has 0 unspecified atom stereocenters. The number of carbonyl (C=O) groups is 2. The topological polar surface area (TPSA) is 384 Å². The predicted octanol–water partition coefficient (Wildman–Crippen LogP) is -8.55. The van der Waals surface area contributed by atoms with E-state index in [0.717, 1.165) is 13.8 Å². The third-order valence-corrected chi connectivity index (χ3v) is 11.0. The minimum atomic E-state index is -1.95. The van der Waals surface area contributed by atoms with E-state index in [1.807, 2.05) is 0 Å². The zero-order valence-corrected chi connectivity index (χ0v) is 32.7. The Labute approximate surface area is 337 Å².